The van der Waals surface area contributed by atoms with Crippen LogP contribution in [-0.4, -0.2) is 15.6 Å². The van der Waals surface area contributed by atoms with Crippen molar-refractivity contribution < 1.29 is 4.79 Å². The predicted molar refractivity (Wildman–Crippen MR) is 83.4 cm³/mol. The predicted octanol–water partition coefficient (Wildman–Crippen LogP) is 3.41. The number of Topliss-reactive ketones (excluding diaryl/α,β-unsaturated/α-hetero) is 1. The van der Waals surface area contributed by atoms with Crippen molar-refractivity contribution >= 4 is 17.1 Å². The van der Waals surface area contributed by atoms with Gasteiger partial charge in [-0.2, -0.15) is 5.10 Å². The first kappa shape index (κ1) is 15.0. The number of aromatic nitrogens is 2. The molecule has 20 heavy (non-hydrogen) atoms. The maximum Gasteiger partial charge on any atom is 0.138 e. The molecule has 0 unspecified atom stereocenters. The molecule has 0 saturated heterocycles. The SMILES string of the molecule is CCc1ccc(CC(=O)CCc2c(C)nn(C)c2C)s1. The fourth-order valence-corrected chi connectivity index (χ4v) is 3.42. The molecule has 2 aromatic rings. The number of carbonyl (C=O) groups is 1. The number of rotatable bonds is 6. The number of thiophene rings is 1. The maximum atomic E-state index is 12.1. The van der Waals surface area contributed by atoms with E-state index in [1.54, 1.807) is 11.3 Å². The van der Waals surface area contributed by atoms with Crippen molar-refractivity contribution in [1.82, 2.24) is 9.78 Å². The molecular formula is C16H22N2OS. The van der Waals surface area contributed by atoms with Gasteiger partial charge in [0.2, 0.25) is 0 Å². The summed E-state index contributed by atoms with van der Waals surface area (Å²) in [7, 11) is 1.95. The summed E-state index contributed by atoms with van der Waals surface area (Å²) in [5.74, 6) is 0.317. The normalized spacial score (nSPS) is 11.0. The molecule has 0 aromatic carbocycles. The lowest BCUT2D eigenvalue weighted by atomic mass is 10.0. The molecule has 0 spiro atoms. The highest BCUT2D eigenvalue weighted by molar-refractivity contribution is 7.12. The zero-order valence-electron chi connectivity index (χ0n) is 12.7. The molecular weight excluding hydrogens is 268 g/mol. The Labute approximate surface area is 124 Å². The maximum absolute atomic E-state index is 12.1. The second kappa shape index (κ2) is 6.35. The Morgan fingerprint density at radius 1 is 1.30 bits per heavy atom. The molecule has 2 rings (SSSR count). The van der Waals surface area contributed by atoms with Crippen LogP contribution in [0.15, 0.2) is 12.1 Å². The van der Waals surface area contributed by atoms with Crippen LogP contribution in [0.2, 0.25) is 0 Å². The number of ketones is 1. The van der Waals surface area contributed by atoms with E-state index in [0.29, 0.717) is 18.6 Å². The van der Waals surface area contributed by atoms with Crippen molar-refractivity contribution in [3.05, 3.63) is 38.8 Å². The third-order valence-corrected chi connectivity index (χ3v) is 4.98. The van der Waals surface area contributed by atoms with Gasteiger partial charge in [-0.1, -0.05) is 6.92 Å². The van der Waals surface area contributed by atoms with Crippen LogP contribution in [0.1, 0.15) is 40.1 Å². The number of nitrogens with zero attached hydrogens (tertiary/aromatic N) is 2. The summed E-state index contributed by atoms with van der Waals surface area (Å²) < 4.78 is 1.89. The average Bonchev–Trinajstić information content (AvgIpc) is 2.94. The Kier molecular flexibility index (Phi) is 4.76. The number of hydrogen-bond acceptors (Lipinski definition) is 3. The fraction of sp³-hybridized carbons (Fsp3) is 0.500. The van der Waals surface area contributed by atoms with Gasteiger partial charge in [0.1, 0.15) is 5.78 Å². The van der Waals surface area contributed by atoms with Gasteiger partial charge in [-0.25, -0.2) is 0 Å². The Morgan fingerprint density at radius 2 is 2.00 bits per heavy atom. The van der Waals surface area contributed by atoms with E-state index in [0.717, 1.165) is 18.5 Å². The largest absolute Gasteiger partial charge is 0.299 e. The van der Waals surface area contributed by atoms with Crippen molar-refractivity contribution in [2.75, 3.05) is 0 Å². The van der Waals surface area contributed by atoms with Gasteiger partial charge in [0.05, 0.1) is 5.69 Å². The van der Waals surface area contributed by atoms with Crippen LogP contribution in [0.5, 0.6) is 0 Å². The van der Waals surface area contributed by atoms with E-state index in [-0.39, 0.29) is 0 Å². The minimum absolute atomic E-state index is 0.317. The third-order valence-electron chi connectivity index (χ3n) is 3.75. The van der Waals surface area contributed by atoms with Crippen molar-refractivity contribution in [1.29, 1.82) is 0 Å². The highest BCUT2D eigenvalue weighted by Gasteiger charge is 2.12. The molecule has 0 atom stereocenters. The Morgan fingerprint density at radius 3 is 2.55 bits per heavy atom. The van der Waals surface area contributed by atoms with Gasteiger partial charge < -0.3 is 0 Å². The average molecular weight is 290 g/mol. The van der Waals surface area contributed by atoms with Crippen molar-refractivity contribution in [3.63, 3.8) is 0 Å². The molecule has 0 aliphatic heterocycles. The first-order valence-corrected chi connectivity index (χ1v) is 7.91. The molecule has 0 amide bonds. The molecule has 4 heteroatoms. The fourth-order valence-electron chi connectivity index (χ4n) is 2.43. The van der Waals surface area contributed by atoms with Crippen LogP contribution >= 0.6 is 11.3 Å². The van der Waals surface area contributed by atoms with E-state index in [2.05, 4.69) is 31.1 Å². The monoisotopic (exact) mass is 290 g/mol. The van der Waals surface area contributed by atoms with Crippen LogP contribution in [-0.2, 0) is 31.1 Å². The van der Waals surface area contributed by atoms with Gasteiger partial charge in [-0.15, -0.1) is 11.3 Å². The van der Waals surface area contributed by atoms with E-state index in [1.807, 2.05) is 18.7 Å². The molecule has 0 N–H and O–H groups in total. The van der Waals surface area contributed by atoms with Gasteiger partial charge >= 0.3 is 0 Å². The lowest BCUT2D eigenvalue weighted by Gasteiger charge is -2.02. The summed E-state index contributed by atoms with van der Waals surface area (Å²) in [4.78, 5) is 14.6. The van der Waals surface area contributed by atoms with Crippen LogP contribution in [0.4, 0.5) is 0 Å². The summed E-state index contributed by atoms with van der Waals surface area (Å²) in [6.07, 6.45) is 3.03. The van der Waals surface area contributed by atoms with Crippen LogP contribution in [0.3, 0.4) is 0 Å². The van der Waals surface area contributed by atoms with Crippen molar-refractivity contribution in [2.45, 2.75) is 46.5 Å². The first-order valence-electron chi connectivity index (χ1n) is 7.09. The Bertz CT molecular complexity index is 610. The van der Waals surface area contributed by atoms with Crippen molar-refractivity contribution in [3.8, 4) is 0 Å². The van der Waals surface area contributed by atoms with E-state index in [9.17, 15) is 4.79 Å². The zero-order chi connectivity index (χ0) is 14.7. The highest BCUT2D eigenvalue weighted by atomic mass is 32.1. The van der Waals surface area contributed by atoms with Crippen molar-refractivity contribution in [2.24, 2.45) is 7.05 Å². The second-order valence-corrected chi connectivity index (χ2v) is 6.46. The topological polar surface area (TPSA) is 34.9 Å². The quantitative estimate of drug-likeness (QED) is 0.817. The molecule has 0 saturated carbocycles. The number of hydrogen-bond donors (Lipinski definition) is 0. The molecule has 2 heterocycles. The van der Waals surface area contributed by atoms with Crippen LogP contribution in [0, 0.1) is 13.8 Å². The minimum atomic E-state index is 0.317. The summed E-state index contributed by atoms with van der Waals surface area (Å²) in [6, 6.07) is 4.21. The molecule has 0 bridgehead atoms. The number of carbonyl (C=O) groups excluding carboxylic acids is 1. The second-order valence-electron chi connectivity index (χ2n) is 5.21. The molecule has 3 nitrogen and oxygen atoms in total. The van der Waals surface area contributed by atoms with Gasteiger partial charge in [0.15, 0.2) is 0 Å². The molecule has 108 valence electrons. The third kappa shape index (κ3) is 3.37. The summed E-state index contributed by atoms with van der Waals surface area (Å²) in [5, 5.41) is 4.39. The highest BCUT2D eigenvalue weighted by Crippen LogP contribution is 2.19. The summed E-state index contributed by atoms with van der Waals surface area (Å²) in [5.41, 5.74) is 3.43. The molecule has 0 aliphatic rings. The van der Waals surface area contributed by atoms with E-state index < -0.39 is 0 Å². The van der Waals surface area contributed by atoms with Gasteiger partial charge in [-0.05, 0) is 44.4 Å². The van der Waals surface area contributed by atoms with Crippen LogP contribution in [0.25, 0.3) is 0 Å². The summed E-state index contributed by atoms with van der Waals surface area (Å²) in [6.45, 7) is 6.22. The zero-order valence-corrected chi connectivity index (χ0v) is 13.5. The summed E-state index contributed by atoms with van der Waals surface area (Å²) >= 11 is 1.76. The van der Waals surface area contributed by atoms with Gasteiger partial charge in [0, 0.05) is 35.3 Å². The van der Waals surface area contributed by atoms with E-state index in [4.69, 9.17) is 0 Å². The lowest BCUT2D eigenvalue weighted by molar-refractivity contribution is -0.118. The van der Waals surface area contributed by atoms with E-state index in [1.165, 1.54) is 21.0 Å². The minimum Gasteiger partial charge on any atom is -0.299 e. The molecule has 0 radical (unpaired) electrons. The van der Waals surface area contributed by atoms with Crippen LogP contribution < -0.4 is 0 Å². The van der Waals surface area contributed by atoms with Gasteiger partial charge in [0.25, 0.3) is 0 Å². The molecule has 0 fully saturated rings. The Hall–Kier alpha value is -1.42. The first-order chi connectivity index (χ1) is 9.51. The molecule has 0 aliphatic carbocycles. The number of aryl methyl sites for hydroxylation is 3. The Balaban J connectivity index is 1.92. The van der Waals surface area contributed by atoms with Gasteiger partial charge in [-0.3, -0.25) is 9.48 Å². The molecule has 2 aromatic heterocycles. The lowest BCUT2D eigenvalue weighted by Crippen LogP contribution is -2.04. The standard InChI is InChI=1S/C16H22N2OS/c1-5-14-7-8-15(20-14)10-13(19)6-9-16-11(2)17-18(4)12(16)3/h7-8H,5-6,9-10H2,1-4H3. The van der Waals surface area contributed by atoms with E-state index >= 15 is 0 Å². The smallest absolute Gasteiger partial charge is 0.138 e.